The van der Waals surface area contributed by atoms with E-state index in [2.05, 4.69) is 10.3 Å². The van der Waals surface area contributed by atoms with Crippen LogP contribution in [0.25, 0.3) is 0 Å². The Balaban J connectivity index is 2.34. The Bertz CT molecular complexity index is 783. The molecule has 0 unspecified atom stereocenters. The normalized spacial score (nSPS) is 10.5. The van der Waals surface area contributed by atoms with Gasteiger partial charge in [0.05, 0.1) is 29.6 Å². The van der Waals surface area contributed by atoms with Gasteiger partial charge in [-0.05, 0) is 57.9 Å². The molecule has 0 bridgehead atoms. The minimum absolute atomic E-state index is 0.272. The van der Waals surface area contributed by atoms with Crippen LogP contribution in [0.3, 0.4) is 0 Å². The zero-order chi connectivity index (χ0) is 19.3. The summed E-state index contributed by atoms with van der Waals surface area (Å²) < 4.78 is 11.3. The first-order chi connectivity index (χ1) is 12.4. The summed E-state index contributed by atoms with van der Waals surface area (Å²) >= 11 is 6.34. The van der Waals surface area contributed by atoms with E-state index < -0.39 is 0 Å². The highest BCUT2D eigenvalue weighted by Crippen LogP contribution is 2.37. The van der Waals surface area contributed by atoms with Gasteiger partial charge in [0.15, 0.2) is 11.5 Å². The Morgan fingerprint density at radius 1 is 1.15 bits per heavy atom. The molecule has 0 fully saturated rings. The van der Waals surface area contributed by atoms with E-state index in [1.165, 1.54) is 0 Å². The maximum atomic E-state index is 12.7. The maximum Gasteiger partial charge on any atom is 0.255 e. The Morgan fingerprint density at radius 3 is 2.50 bits per heavy atom. The lowest BCUT2D eigenvalue weighted by molar-refractivity contribution is 0.102. The third-order valence-corrected chi connectivity index (χ3v) is 4.07. The highest BCUT2D eigenvalue weighted by molar-refractivity contribution is 6.32. The molecule has 0 atom stereocenters. The van der Waals surface area contributed by atoms with Crippen LogP contribution in [0.4, 0.5) is 5.69 Å². The van der Waals surface area contributed by atoms with Gasteiger partial charge in [-0.3, -0.25) is 9.78 Å². The van der Waals surface area contributed by atoms with Gasteiger partial charge >= 0.3 is 0 Å². The molecule has 140 valence electrons. The van der Waals surface area contributed by atoms with Crippen LogP contribution in [0.15, 0.2) is 18.2 Å². The van der Waals surface area contributed by atoms with E-state index in [4.69, 9.17) is 21.1 Å². The fourth-order valence-corrected chi connectivity index (χ4v) is 2.97. The maximum absolute atomic E-state index is 12.7. The van der Waals surface area contributed by atoms with Crippen molar-refractivity contribution >= 4 is 23.2 Å². The van der Waals surface area contributed by atoms with E-state index >= 15 is 0 Å². The summed E-state index contributed by atoms with van der Waals surface area (Å²) in [6.45, 7) is 10.6. The average molecular weight is 377 g/mol. The number of nitrogens with one attached hydrogen (secondary N) is 1. The second-order valence-corrected chi connectivity index (χ2v) is 6.47. The molecule has 0 spiro atoms. The topological polar surface area (TPSA) is 60.5 Å². The molecule has 0 saturated heterocycles. The Kier molecular flexibility index (Phi) is 6.86. The summed E-state index contributed by atoms with van der Waals surface area (Å²) in [6, 6.07) is 5.18. The van der Waals surface area contributed by atoms with Gasteiger partial charge in [0.2, 0.25) is 0 Å². The van der Waals surface area contributed by atoms with Crippen molar-refractivity contribution in [2.24, 2.45) is 0 Å². The number of hydrogen-bond donors (Lipinski definition) is 1. The van der Waals surface area contributed by atoms with Gasteiger partial charge in [-0.1, -0.05) is 18.5 Å². The minimum atomic E-state index is -0.272. The number of rotatable bonds is 7. The van der Waals surface area contributed by atoms with Gasteiger partial charge in [0, 0.05) is 11.3 Å². The molecule has 0 radical (unpaired) electrons. The molecule has 0 aliphatic carbocycles. The standard InChI is InChI=1S/C20H25ClN2O3/c1-6-8-26-19-16(21)10-15(11-17(19)25-7-2)20(24)23-18-12(3)9-13(4)22-14(18)5/h9-11H,6-8H2,1-5H3,(H,23,24). The zero-order valence-corrected chi connectivity index (χ0v) is 16.7. The first-order valence-corrected chi connectivity index (χ1v) is 9.10. The average Bonchev–Trinajstić information content (AvgIpc) is 2.57. The summed E-state index contributed by atoms with van der Waals surface area (Å²) in [4.78, 5) is 17.2. The highest BCUT2D eigenvalue weighted by Gasteiger charge is 2.18. The molecule has 0 aliphatic heterocycles. The lowest BCUT2D eigenvalue weighted by Crippen LogP contribution is -2.15. The second kappa shape index (κ2) is 8.90. The van der Waals surface area contributed by atoms with Crippen LogP contribution < -0.4 is 14.8 Å². The Morgan fingerprint density at radius 2 is 1.88 bits per heavy atom. The van der Waals surface area contributed by atoms with Crippen LogP contribution in [0.5, 0.6) is 11.5 Å². The van der Waals surface area contributed by atoms with Crippen molar-refractivity contribution in [3.8, 4) is 11.5 Å². The first-order valence-electron chi connectivity index (χ1n) is 8.72. The van der Waals surface area contributed by atoms with Gasteiger partial charge < -0.3 is 14.8 Å². The zero-order valence-electron chi connectivity index (χ0n) is 15.9. The molecule has 5 nitrogen and oxygen atoms in total. The predicted octanol–water partition coefficient (Wildman–Crippen LogP) is 5.10. The van der Waals surface area contributed by atoms with Crippen molar-refractivity contribution in [1.82, 2.24) is 4.98 Å². The molecule has 1 N–H and O–H groups in total. The van der Waals surface area contributed by atoms with E-state index in [0.29, 0.717) is 41.0 Å². The third kappa shape index (κ3) is 4.67. The van der Waals surface area contributed by atoms with Gasteiger partial charge in [0.1, 0.15) is 0 Å². The minimum Gasteiger partial charge on any atom is -0.490 e. The molecule has 26 heavy (non-hydrogen) atoms. The smallest absolute Gasteiger partial charge is 0.255 e. The summed E-state index contributed by atoms with van der Waals surface area (Å²) in [7, 11) is 0. The van der Waals surface area contributed by atoms with Crippen LogP contribution in [0.2, 0.25) is 5.02 Å². The lowest BCUT2D eigenvalue weighted by Gasteiger charge is -2.16. The monoisotopic (exact) mass is 376 g/mol. The number of halogens is 1. The number of aryl methyl sites for hydroxylation is 3. The number of ether oxygens (including phenoxy) is 2. The number of carbonyl (C=O) groups excluding carboxylic acids is 1. The Hall–Kier alpha value is -2.27. The van der Waals surface area contributed by atoms with Crippen molar-refractivity contribution in [3.63, 3.8) is 0 Å². The van der Waals surface area contributed by atoms with Crippen LogP contribution in [-0.2, 0) is 0 Å². The molecule has 1 aromatic carbocycles. The molecule has 2 aromatic rings. The SMILES string of the molecule is CCCOc1c(Cl)cc(C(=O)Nc2c(C)cc(C)nc2C)cc1OCC. The molecule has 6 heteroatoms. The van der Waals surface area contributed by atoms with Crippen LogP contribution in [0, 0.1) is 20.8 Å². The lowest BCUT2D eigenvalue weighted by atomic mass is 10.1. The summed E-state index contributed by atoms with van der Waals surface area (Å²) in [5.41, 5.74) is 3.76. The van der Waals surface area contributed by atoms with E-state index in [-0.39, 0.29) is 5.91 Å². The van der Waals surface area contributed by atoms with Gasteiger partial charge in [0.25, 0.3) is 5.91 Å². The fraction of sp³-hybridized carbons (Fsp3) is 0.400. The van der Waals surface area contributed by atoms with Gasteiger partial charge in [-0.15, -0.1) is 0 Å². The van der Waals surface area contributed by atoms with Crippen molar-refractivity contribution in [2.45, 2.75) is 41.0 Å². The number of aromatic nitrogens is 1. The number of hydrogen-bond acceptors (Lipinski definition) is 4. The van der Waals surface area contributed by atoms with E-state index in [1.54, 1.807) is 12.1 Å². The molecule has 0 saturated carbocycles. The third-order valence-electron chi connectivity index (χ3n) is 3.79. The van der Waals surface area contributed by atoms with Crippen molar-refractivity contribution in [2.75, 3.05) is 18.5 Å². The largest absolute Gasteiger partial charge is 0.490 e. The van der Waals surface area contributed by atoms with Crippen molar-refractivity contribution in [1.29, 1.82) is 0 Å². The van der Waals surface area contributed by atoms with Crippen molar-refractivity contribution in [3.05, 3.63) is 45.7 Å². The molecule has 2 rings (SSSR count). The second-order valence-electron chi connectivity index (χ2n) is 6.06. The molecule has 1 amide bonds. The number of anilines is 1. The number of benzene rings is 1. The van der Waals surface area contributed by atoms with E-state index in [9.17, 15) is 4.79 Å². The van der Waals surface area contributed by atoms with Crippen molar-refractivity contribution < 1.29 is 14.3 Å². The fourth-order valence-electron chi connectivity index (χ4n) is 2.70. The first kappa shape index (κ1) is 20.0. The van der Waals surface area contributed by atoms with Gasteiger partial charge in [-0.25, -0.2) is 0 Å². The Labute approximate surface area is 159 Å². The number of pyridine rings is 1. The van der Waals surface area contributed by atoms with Crippen LogP contribution in [-0.4, -0.2) is 24.1 Å². The van der Waals surface area contributed by atoms with E-state index in [0.717, 1.165) is 23.4 Å². The number of carbonyl (C=O) groups is 1. The van der Waals surface area contributed by atoms with Gasteiger partial charge in [-0.2, -0.15) is 0 Å². The molecular formula is C20H25ClN2O3. The summed E-state index contributed by atoms with van der Waals surface area (Å²) in [5, 5.41) is 3.28. The number of amides is 1. The van der Waals surface area contributed by atoms with Crippen LogP contribution in [0.1, 0.15) is 47.6 Å². The summed E-state index contributed by atoms with van der Waals surface area (Å²) in [5.74, 6) is 0.664. The van der Waals surface area contributed by atoms with E-state index in [1.807, 2.05) is 40.7 Å². The molecule has 1 aromatic heterocycles. The molecule has 0 aliphatic rings. The predicted molar refractivity (Wildman–Crippen MR) is 105 cm³/mol. The molecule has 1 heterocycles. The number of nitrogens with zero attached hydrogens (tertiary/aromatic N) is 1. The quantitative estimate of drug-likeness (QED) is 0.730. The van der Waals surface area contributed by atoms with Crippen LogP contribution >= 0.6 is 11.6 Å². The molecular weight excluding hydrogens is 352 g/mol. The summed E-state index contributed by atoms with van der Waals surface area (Å²) in [6.07, 6.45) is 0.850. The highest BCUT2D eigenvalue weighted by atomic mass is 35.5.